The van der Waals surface area contributed by atoms with Gasteiger partial charge in [0.15, 0.2) is 11.5 Å². The summed E-state index contributed by atoms with van der Waals surface area (Å²) < 4.78 is 20.1. The number of methoxy groups -OCH3 is 2. The van der Waals surface area contributed by atoms with Gasteiger partial charge in [0, 0.05) is 11.6 Å². The fourth-order valence-electron chi connectivity index (χ4n) is 1.73. The van der Waals surface area contributed by atoms with Crippen molar-refractivity contribution in [3.05, 3.63) is 17.7 Å². The van der Waals surface area contributed by atoms with E-state index in [0.29, 0.717) is 22.8 Å². The smallest absolute Gasteiger partial charge is 0.308 e. The molecular formula is C12H14O6. The Bertz CT molecular complexity index is 456. The Labute approximate surface area is 104 Å². The van der Waals surface area contributed by atoms with Gasteiger partial charge in [-0.3, -0.25) is 4.79 Å². The van der Waals surface area contributed by atoms with Crippen LogP contribution in [0.25, 0.3) is 0 Å². The highest BCUT2D eigenvalue weighted by atomic mass is 16.7. The first-order chi connectivity index (χ1) is 8.65. The second-order valence-corrected chi connectivity index (χ2v) is 3.74. The molecule has 18 heavy (non-hydrogen) atoms. The minimum atomic E-state index is -1.01. The van der Waals surface area contributed by atoms with Gasteiger partial charge in [0.05, 0.1) is 26.7 Å². The van der Waals surface area contributed by atoms with Crippen molar-refractivity contribution in [1.29, 1.82) is 0 Å². The number of benzene rings is 1. The van der Waals surface area contributed by atoms with Crippen molar-refractivity contribution in [3.63, 3.8) is 0 Å². The summed E-state index contributed by atoms with van der Waals surface area (Å²) in [5.74, 6) is 1.02. The van der Waals surface area contributed by atoms with Crippen LogP contribution in [0.1, 0.15) is 18.1 Å². The van der Waals surface area contributed by atoms with Crippen LogP contribution in [0.15, 0.2) is 12.1 Å². The fourth-order valence-corrected chi connectivity index (χ4v) is 1.73. The molecule has 1 aromatic carbocycles. The SMILES string of the molecule is COC(=O)C[C@H](O)c1cc2c(cc1OC)OCO2. The fraction of sp³-hybridized carbons (Fsp3) is 0.417. The monoisotopic (exact) mass is 254 g/mol. The zero-order valence-corrected chi connectivity index (χ0v) is 10.1. The van der Waals surface area contributed by atoms with E-state index in [9.17, 15) is 9.90 Å². The number of carbonyl (C=O) groups is 1. The number of esters is 1. The second-order valence-electron chi connectivity index (χ2n) is 3.74. The van der Waals surface area contributed by atoms with Gasteiger partial charge in [0.1, 0.15) is 5.75 Å². The van der Waals surface area contributed by atoms with Crippen molar-refractivity contribution in [2.45, 2.75) is 12.5 Å². The van der Waals surface area contributed by atoms with Gasteiger partial charge in [-0.2, -0.15) is 0 Å². The van der Waals surface area contributed by atoms with Crippen LogP contribution in [0.2, 0.25) is 0 Å². The van der Waals surface area contributed by atoms with E-state index in [4.69, 9.17) is 14.2 Å². The van der Waals surface area contributed by atoms with Gasteiger partial charge < -0.3 is 24.1 Å². The number of aliphatic hydroxyl groups excluding tert-OH is 1. The second kappa shape index (κ2) is 5.14. The van der Waals surface area contributed by atoms with E-state index in [1.807, 2.05) is 0 Å². The standard InChI is InChI=1S/C12H14O6/c1-15-9-5-11-10(17-6-18-11)3-7(9)8(13)4-12(14)16-2/h3,5,8,13H,4,6H2,1-2H3/t8-/m0/s1. The molecule has 0 aromatic heterocycles. The highest BCUT2D eigenvalue weighted by Crippen LogP contribution is 2.40. The summed E-state index contributed by atoms with van der Waals surface area (Å²) in [6, 6.07) is 3.23. The molecule has 98 valence electrons. The first kappa shape index (κ1) is 12.5. The largest absolute Gasteiger partial charge is 0.496 e. The van der Waals surface area contributed by atoms with Crippen LogP contribution in [0.5, 0.6) is 17.2 Å². The molecule has 1 N–H and O–H groups in total. The molecule has 0 saturated carbocycles. The Hall–Kier alpha value is -1.95. The third-order valence-electron chi connectivity index (χ3n) is 2.67. The molecule has 6 heteroatoms. The van der Waals surface area contributed by atoms with Crippen LogP contribution >= 0.6 is 0 Å². The number of hydrogen-bond acceptors (Lipinski definition) is 6. The van der Waals surface area contributed by atoms with Gasteiger partial charge in [0.2, 0.25) is 6.79 Å². The zero-order chi connectivity index (χ0) is 13.1. The van der Waals surface area contributed by atoms with E-state index in [2.05, 4.69) is 4.74 Å². The van der Waals surface area contributed by atoms with Gasteiger partial charge in [0.25, 0.3) is 0 Å². The molecule has 0 radical (unpaired) electrons. The minimum absolute atomic E-state index is 0.134. The predicted octanol–water partition coefficient (Wildman–Crippen LogP) is 1.02. The molecule has 1 aliphatic rings. The Balaban J connectivity index is 2.28. The first-order valence-electron chi connectivity index (χ1n) is 5.38. The van der Waals surface area contributed by atoms with Gasteiger partial charge in [-0.05, 0) is 6.07 Å². The summed E-state index contributed by atoms with van der Waals surface area (Å²) in [4.78, 5) is 11.1. The van der Waals surface area contributed by atoms with Crippen molar-refractivity contribution in [1.82, 2.24) is 0 Å². The Morgan fingerprint density at radius 1 is 1.39 bits per heavy atom. The lowest BCUT2D eigenvalue weighted by molar-refractivity contribution is -0.142. The number of hydrogen-bond donors (Lipinski definition) is 1. The van der Waals surface area contributed by atoms with Crippen LogP contribution in [0.3, 0.4) is 0 Å². The molecule has 0 bridgehead atoms. The van der Waals surface area contributed by atoms with E-state index >= 15 is 0 Å². The van der Waals surface area contributed by atoms with E-state index in [1.54, 1.807) is 12.1 Å². The van der Waals surface area contributed by atoms with Gasteiger partial charge in [-0.25, -0.2) is 0 Å². The van der Waals surface area contributed by atoms with Gasteiger partial charge >= 0.3 is 5.97 Å². The molecule has 1 aromatic rings. The molecule has 1 heterocycles. The summed E-state index contributed by atoms with van der Waals surface area (Å²) in [6.45, 7) is 0.134. The first-order valence-corrected chi connectivity index (χ1v) is 5.38. The van der Waals surface area contributed by atoms with Crippen LogP contribution < -0.4 is 14.2 Å². The third-order valence-corrected chi connectivity index (χ3v) is 2.67. The molecule has 2 rings (SSSR count). The maximum absolute atomic E-state index is 11.1. The normalized spacial score (nSPS) is 14.2. The number of aliphatic hydroxyl groups is 1. The van der Waals surface area contributed by atoms with Crippen LogP contribution in [0, 0.1) is 0 Å². The number of fused-ring (bicyclic) bond motifs is 1. The van der Waals surface area contributed by atoms with E-state index in [-0.39, 0.29) is 13.2 Å². The summed E-state index contributed by atoms with van der Waals surface area (Å²) in [5.41, 5.74) is 0.465. The summed E-state index contributed by atoms with van der Waals surface area (Å²) >= 11 is 0. The van der Waals surface area contributed by atoms with Gasteiger partial charge in [-0.1, -0.05) is 0 Å². The lowest BCUT2D eigenvalue weighted by atomic mass is 10.0. The molecule has 0 fully saturated rings. The predicted molar refractivity (Wildman–Crippen MR) is 60.7 cm³/mol. The molecule has 0 spiro atoms. The molecular weight excluding hydrogens is 240 g/mol. The van der Waals surface area contributed by atoms with Crippen LogP contribution in [0.4, 0.5) is 0 Å². The Morgan fingerprint density at radius 2 is 2.06 bits per heavy atom. The van der Waals surface area contributed by atoms with Crippen molar-refractivity contribution >= 4 is 5.97 Å². The summed E-state index contributed by atoms with van der Waals surface area (Å²) in [7, 11) is 2.75. The Kier molecular flexibility index (Phi) is 3.57. The summed E-state index contributed by atoms with van der Waals surface area (Å²) in [5, 5.41) is 9.99. The zero-order valence-electron chi connectivity index (χ0n) is 10.1. The summed E-state index contributed by atoms with van der Waals surface area (Å²) in [6.07, 6.45) is -1.16. The minimum Gasteiger partial charge on any atom is -0.496 e. The third kappa shape index (κ3) is 2.33. The van der Waals surface area contributed by atoms with Crippen molar-refractivity contribution in [3.8, 4) is 17.2 Å². The molecule has 0 amide bonds. The van der Waals surface area contributed by atoms with Crippen molar-refractivity contribution in [2.24, 2.45) is 0 Å². The van der Waals surface area contributed by atoms with E-state index < -0.39 is 12.1 Å². The average molecular weight is 254 g/mol. The van der Waals surface area contributed by atoms with Crippen molar-refractivity contribution < 1.29 is 28.8 Å². The average Bonchev–Trinajstić information content (AvgIpc) is 2.83. The van der Waals surface area contributed by atoms with Crippen LogP contribution in [-0.4, -0.2) is 32.1 Å². The number of carbonyl (C=O) groups excluding carboxylic acids is 1. The topological polar surface area (TPSA) is 74.2 Å². The van der Waals surface area contributed by atoms with Crippen molar-refractivity contribution in [2.75, 3.05) is 21.0 Å². The van der Waals surface area contributed by atoms with E-state index in [1.165, 1.54) is 14.2 Å². The maximum atomic E-state index is 11.1. The molecule has 1 atom stereocenters. The Morgan fingerprint density at radius 3 is 2.67 bits per heavy atom. The van der Waals surface area contributed by atoms with E-state index in [0.717, 1.165) is 0 Å². The number of ether oxygens (including phenoxy) is 4. The lowest BCUT2D eigenvalue weighted by Gasteiger charge is -2.14. The van der Waals surface area contributed by atoms with Gasteiger partial charge in [-0.15, -0.1) is 0 Å². The molecule has 0 aliphatic carbocycles. The highest BCUT2D eigenvalue weighted by Gasteiger charge is 2.23. The lowest BCUT2D eigenvalue weighted by Crippen LogP contribution is -2.09. The maximum Gasteiger partial charge on any atom is 0.308 e. The molecule has 1 aliphatic heterocycles. The highest BCUT2D eigenvalue weighted by molar-refractivity contribution is 5.70. The van der Waals surface area contributed by atoms with Crippen LogP contribution in [-0.2, 0) is 9.53 Å². The molecule has 0 unspecified atom stereocenters. The quantitative estimate of drug-likeness (QED) is 0.809. The molecule has 0 saturated heterocycles. The molecule has 6 nitrogen and oxygen atoms in total. The number of rotatable bonds is 4.